The molecule has 4 aromatic carbocycles. The van der Waals surface area contributed by atoms with Crippen LogP contribution in [0.3, 0.4) is 0 Å². The van der Waals surface area contributed by atoms with Crippen LogP contribution in [0.25, 0.3) is 21.5 Å². The second-order valence-electron chi connectivity index (χ2n) is 5.54. The van der Waals surface area contributed by atoms with E-state index in [-0.39, 0.29) is 0 Å². The lowest BCUT2D eigenvalue weighted by molar-refractivity contribution is 0.484. The number of benzene rings is 4. The summed E-state index contributed by atoms with van der Waals surface area (Å²) in [7, 11) is 0. The number of para-hydroxylation sites is 1. The van der Waals surface area contributed by atoms with Crippen LogP contribution >= 0.6 is 0 Å². The van der Waals surface area contributed by atoms with Gasteiger partial charge in [-0.25, -0.2) is 0 Å². The summed E-state index contributed by atoms with van der Waals surface area (Å²) in [4.78, 5) is 0. The van der Waals surface area contributed by atoms with Gasteiger partial charge in [0.05, 0.1) is 0 Å². The molecule has 0 radical (unpaired) electrons. The van der Waals surface area contributed by atoms with E-state index in [0.29, 0.717) is 0 Å². The monoisotopic (exact) mass is 284 g/mol. The molecule has 0 saturated carbocycles. The van der Waals surface area contributed by atoms with E-state index in [1.165, 1.54) is 16.2 Å². The molecule has 0 atom stereocenters. The molecule has 0 aromatic heterocycles. The molecule has 0 spiro atoms. The molecule has 0 heterocycles. The third-order valence-electron chi connectivity index (χ3n) is 4.02. The fraction of sp³-hybridized carbons (Fsp3) is 0.0476. The maximum atomic E-state index is 6.17. The van der Waals surface area contributed by atoms with E-state index in [1.54, 1.807) is 0 Å². The molecule has 4 aromatic rings. The predicted molar refractivity (Wildman–Crippen MR) is 92.7 cm³/mol. The number of rotatable bonds is 2. The Hall–Kier alpha value is -2.80. The zero-order valence-corrected chi connectivity index (χ0v) is 12.4. The topological polar surface area (TPSA) is 9.23 Å². The Morgan fingerprint density at radius 1 is 0.591 bits per heavy atom. The highest BCUT2D eigenvalue weighted by atomic mass is 16.5. The van der Waals surface area contributed by atoms with E-state index in [0.717, 1.165) is 22.4 Å². The second kappa shape index (κ2) is 5.19. The van der Waals surface area contributed by atoms with E-state index in [1.807, 2.05) is 30.3 Å². The Labute approximate surface area is 129 Å². The van der Waals surface area contributed by atoms with E-state index >= 15 is 0 Å². The number of hydrogen-bond donors (Lipinski definition) is 0. The van der Waals surface area contributed by atoms with Crippen molar-refractivity contribution in [2.24, 2.45) is 0 Å². The van der Waals surface area contributed by atoms with Crippen molar-refractivity contribution in [2.45, 2.75) is 6.92 Å². The summed E-state index contributed by atoms with van der Waals surface area (Å²) in [5.41, 5.74) is 1.14. The number of aryl methyl sites for hydroxylation is 1. The summed E-state index contributed by atoms with van der Waals surface area (Å²) in [5, 5.41) is 4.83. The minimum Gasteiger partial charge on any atom is -0.456 e. The van der Waals surface area contributed by atoms with Crippen molar-refractivity contribution in [3.63, 3.8) is 0 Å². The van der Waals surface area contributed by atoms with Gasteiger partial charge >= 0.3 is 0 Å². The molecule has 0 amide bonds. The molecule has 0 aliphatic heterocycles. The minimum absolute atomic E-state index is 0.901. The highest BCUT2D eigenvalue weighted by molar-refractivity contribution is 6.00. The van der Waals surface area contributed by atoms with Gasteiger partial charge in [-0.2, -0.15) is 0 Å². The third-order valence-corrected chi connectivity index (χ3v) is 4.02. The number of hydrogen-bond acceptors (Lipinski definition) is 1. The largest absolute Gasteiger partial charge is 0.456 e. The molecule has 4 rings (SSSR count). The number of fused-ring (bicyclic) bond motifs is 2. The summed E-state index contributed by atoms with van der Waals surface area (Å²) in [5.74, 6) is 1.81. The fourth-order valence-corrected chi connectivity index (χ4v) is 2.82. The normalized spacial score (nSPS) is 11.0. The maximum Gasteiger partial charge on any atom is 0.135 e. The van der Waals surface area contributed by atoms with Crippen LogP contribution in [-0.2, 0) is 0 Å². The standard InChI is InChI=1S/C21H16O/c1-15-7-2-5-11-20(15)22-21-12-6-10-18-13-16-8-3-4-9-17(16)14-19(18)21/h2-14H,1H3. The van der Waals surface area contributed by atoms with Gasteiger partial charge in [0, 0.05) is 5.39 Å². The Morgan fingerprint density at radius 2 is 1.23 bits per heavy atom. The molecule has 0 unspecified atom stereocenters. The lowest BCUT2D eigenvalue weighted by atomic mass is 10.0. The van der Waals surface area contributed by atoms with Crippen molar-refractivity contribution in [3.8, 4) is 11.5 Å². The van der Waals surface area contributed by atoms with Crippen molar-refractivity contribution < 1.29 is 4.74 Å². The Kier molecular flexibility index (Phi) is 3.05. The molecule has 1 heteroatoms. The molecule has 0 aliphatic carbocycles. The van der Waals surface area contributed by atoms with Gasteiger partial charge in [0.15, 0.2) is 0 Å². The van der Waals surface area contributed by atoms with Crippen LogP contribution in [0.1, 0.15) is 5.56 Å². The molecular formula is C21H16O. The van der Waals surface area contributed by atoms with Crippen LogP contribution in [0.15, 0.2) is 78.9 Å². The van der Waals surface area contributed by atoms with Crippen molar-refractivity contribution in [1.29, 1.82) is 0 Å². The summed E-state index contributed by atoms with van der Waals surface area (Å²) < 4.78 is 6.17. The van der Waals surface area contributed by atoms with Gasteiger partial charge in [-0.15, -0.1) is 0 Å². The molecule has 1 nitrogen and oxygen atoms in total. The van der Waals surface area contributed by atoms with Gasteiger partial charge in [0.1, 0.15) is 11.5 Å². The van der Waals surface area contributed by atoms with E-state index < -0.39 is 0 Å². The zero-order valence-electron chi connectivity index (χ0n) is 12.4. The van der Waals surface area contributed by atoms with Crippen molar-refractivity contribution >= 4 is 21.5 Å². The smallest absolute Gasteiger partial charge is 0.135 e. The first-order valence-electron chi connectivity index (χ1n) is 7.46. The Morgan fingerprint density at radius 3 is 2.05 bits per heavy atom. The Bertz CT molecular complexity index is 970. The van der Waals surface area contributed by atoms with Crippen LogP contribution < -0.4 is 4.74 Å². The average molecular weight is 284 g/mol. The molecule has 0 N–H and O–H groups in total. The molecule has 106 valence electrons. The van der Waals surface area contributed by atoms with E-state index in [9.17, 15) is 0 Å². The van der Waals surface area contributed by atoms with E-state index in [2.05, 4.69) is 55.5 Å². The fourth-order valence-electron chi connectivity index (χ4n) is 2.82. The summed E-state index contributed by atoms with van der Waals surface area (Å²) in [6.45, 7) is 2.07. The van der Waals surface area contributed by atoms with Crippen LogP contribution in [0, 0.1) is 6.92 Å². The predicted octanol–water partition coefficient (Wildman–Crippen LogP) is 6.09. The molecule has 0 fully saturated rings. The summed E-state index contributed by atoms with van der Waals surface area (Å²) in [6, 6.07) is 27.2. The second-order valence-corrected chi connectivity index (χ2v) is 5.54. The van der Waals surface area contributed by atoms with Gasteiger partial charge in [0.2, 0.25) is 0 Å². The maximum absolute atomic E-state index is 6.17. The van der Waals surface area contributed by atoms with Gasteiger partial charge in [-0.3, -0.25) is 0 Å². The van der Waals surface area contributed by atoms with Crippen molar-refractivity contribution in [1.82, 2.24) is 0 Å². The molecule has 0 saturated heterocycles. The lowest BCUT2D eigenvalue weighted by Gasteiger charge is -2.12. The van der Waals surface area contributed by atoms with Gasteiger partial charge < -0.3 is 4.74 Å². The molecule has 22 heavy (non-hydrogen) atoms. The van der Waals surface area contributed by atoms with Gasteiger partial charge in [-0.1, -0.05) is 54.6 Å². The van der Waals surface area contributed by atoms with Crippen LogP contribution in [0.5, 0.6) is 11.5 Å². The summed E-state index contributed by atoms with van der Waals surface area (Å²) >= 11 is 0. The SMILES string of the molecule is Cc1ccccc1Oc1cccc2cc3ccccc3cc12. The summed E-state index contributed by atoms with van der Waals surface area (Å²) in [6.07, 6.45) is 0. The first-order valence-corrected chi connectivity index (χ1v) is 7.46. The average Bonchev–Trinajstić information content (AvgIpc) is 2.55. The lowest BCUT2D eigenvalue weighted by Crippen LogP contribution is -1.88. The van der Waals surface area contributed by atoms with Crippen molar-refractivity contribution in [3.05, 3.63) is 84.4 Å². The van der Waals surface area contributed by atoms with E-state index in [4.69, 9.17) is 4.74 Å². The highest BCUT2D eigenvalue weighted by Crippen LogP contribution is 2.33. The van der Waals surface area contributed by atoms with Crippen LogP contribution in [0.2, 0.25) is 0 Å². The number of ether oxygens (including phenoxy) is 1. The third kappa shape index (κ3) is 2.21. The first kappa shape index (κ1) is 12.9. The van der Waals surface area contributed by atoms with Gasteiger partial charge in [-0.05, 0) is 52.9 Å². The minimum atomic E-state index is 0.901. The van der Waals surface area contributed by atoms with Crippen molar-refractivity contribution in [2.75, 3.05) is 0 Å². The Balaban J connectivity index is 1.90. The first-order chi connectivity index (χ1) is 10.8. The molecule has 0 bridgehead atoms. The quantitative estimate of drug-likeness (QED) is 0.404. The van der Waals surface area contributed by atoms with Crippen LogP contribution in [0.4, 0.5) is 0 Å². The zero-order chi connectivity index (χ0) is 14.9. The van der Waals surface area contributed by atoms with Crippen LogP contribution in [-0.4, -0.2) is 0 Å². The molecule has 0 aliphatic rings. The van der Waals surface area contributed by atoms with Gasteiger partial charge in [0.25, 0.3) is 0 Å². The molecular weight excluding hydrogens is 268 g/mol. The highest BCUT2D eigenvalue weighted by Gasteiger charge is 2.06.